The standard InChI is InChI=1S/C16H28N4O4/c1-6-23-14(21)13-12(11-18-19-13)10-17-8-7-9-20(5)15(22)24-16(2,3)4/h11,17H,6-10H2,1-5H3,(H,18,19). The first-order valence-electron chi connectivity index (χ1n) is 8.08. The van der Waals surface area contributed by atoms with Gasteiger partial charge in [0, 0.05) is 25.7 Å². The molecule has 0 aliphatic heterocycles. The monoisotopic (exact) mass is 340 g/mol. The normalized spacial score (nSPS) is 11.2. The zero-order valence-electron chi connectivity index (χ0n) is 15.1. The van der Waals surface area contributed by atoms with Crippen molar-refractivity contribution in [2.45, 2.75) is 46.3 Å². The molecule has 24 heavy (non-hydrogen) atoms. The van der Waals surface area contributed by atoms with Crippen LogP contribution >= 0.6 is 0 Å². The minimum atomic E-state index is -0.492. The number of aromatic nitrogens is 2. The van der Waals surface area contributed by atoms with Gasteiger partial charge in [0.05, 0.1) is 12.8 Å². The molecule has 0 radical (unpaired) electrons. The topological polar surface area (TPSA) is 96.5 Å². The molecule has 0 unspecified atom stereocenters. The van der Waals surface area contributed by atoms with Crippen LogP contribution in [-0.4, -0.2) is 59.5 Å². The number of rotatable bonds is 8. The van der Waals surface area contributed by atoms with Gasteiger partial charge < -0.3 is 19.7 Å². The molecular formula is C16H28N4O4. The van der Waals surface area contributed by atoms with Gasteiger partial charge >= 0.3 is 12.1 Å². The fraction of sp³-hybridized carbons (Fsp3) is 0.688. The highest BCUT2D eigenvalue weighted by Crippen LogP contribution is 2.09. The van der Waals surface area contributed by atoms with Crippen LogP contribution in [0.1, 0.15) is 50.2 Å². The van der Waals surface area contributed by atoms with Crippen molar-refractivity contribution in [3.63, 3.8) is 0 Å². The number of ether oxygens (including phenoxy) is 2. The lowest BCUT2D eigenvalue weighted by molar-refractivity contribution is 0.0296. The SMILES string of the molecule is CCOC(=O)c1[nH]ncc1CNCCCN(C)C(=O)OC(C)(C)C. The zero-order chi connectivity index (χ0) is 18.2. The van der Waals surface area contributed by atoms with Crippen molar-refractivity contribution in [1.29, 1.82) is 0 Å². The Kier molecular flexibility index (Phi) is 7.70. The number of esters is 1. The van der Waals surface area contributed by atoms with Crippen molar-refractivity contribution in [2.24, 2.45) is 0 Å². The van der Waals surface area contributed by atoms with Gasteiger partial charge in [-0.1, -0.05) is 0 Å². The molecule has 0 aliphatic rings. The smallest absolute Gasteiger partial charge is 0.410 e. The second-order valence-corrected chi connectivity index (χ2v) is 6.42. The molecule has 0 fully saturated rings. The maximum Gasteiger partial charge on any atom is 0.410 e. The molecule has 8 heteroatoms. The summed E-state index contributed by atoms with van der Waals surface area (Å²) in [6.07, 6.45) is 2.04. The Morgan fingerprint density at radius 2 is 2.08 bits per heavy atom. The van der Waals surface area contributed by atoms with Crippen molar-refractivity contribution in [3.8, 4) is 0 Å². The van der Waals surface area contributed by atoms with Crippen LogP contribution < -0.4 is 5.32 Å². The molecule has 8 nitrogen and oxygen atoms in total. The quantitative estimate of drug-likeness (QED) is 0.554. The van der Waals surface area contributed by atoms with Gasteiger partial charge in [-0.2, -0.15) is 5.10 Å². The molecule has 1 rings (SSSR count). The zero-order valence-corrected chi connectivity index (χ0v) is 15.1. The molecule has 1 aromatic rings. The Bertz CT molecular complexity index is 536. The Hall–Kier alpha value is -2.09. The number of hydrogen-bond acceptors (Lipinski definition) is 6. The molecule has 136 valence electrons. The van der Waals surface area contributed by atoms with Crippen LogP contribution in [0, 0.1) is 0 Å². The Morgan fingerprint density at radius 3 is 2.71 bits per heavy atom. The minimum Gasteiger partial charge on any atom is -0.461 e. The van der Waals surface area contributed by atoms with E-state index in [9.17, 15) is 9.59 Å². The fourth-order valence-corrected chi connectivity index (χ4v) is 1.92. The molecule has 0 aromatic carbocycles. The van der Waals surface area contributed by atoms with Crippen LogP contribution in [0.2, 0.25) is 0 Å². The van der Waals surface area contributed by atoms with Gasteiger partial charge in [-0.3, -0.25) is 5.10 Å². The highest BCUT2D eigenvalue weighted by molar-refractivity contribution is 5.88. The van der Waals surface area contributed by atoms with E-state index in [-0.39, 0.29) is 6.09 Å². The third kappa shape index (κ3) is 6.99. The summed E-state index contributed by atoms with van der Waals surface area (Å²) in [4.78, 5) is 25.1. The first-order chi connectivity index (χ1) is 11.2. The van der Waals surface area contributed by atoms with Gasteiger partial charge in [-0.05, 0) is 40.7 Å². The number of amides is 1. The third-order valence-corrected chi connectivity index (χ3v) is 3.07. The van der Waals surface area contributed by atoms with E-state index in [1.165, 1.54) is 0 Å². The number of carbonyl (C=O) groups excluding carboxylic acids is 2. The van der Waals surface area contributed by atoms with E-state index in [0.717, 1.165) is 12.0 Å². The van der Waals surface area contributed by atoms with Gasteiger partial charge in [-0.15, -0.1) is 0 Å². The van der Waals surface area contributed by atoms with Crippen molar-refractivity contribution >= 4 is 12.1 Å². The Morgan fingerprint density at radius 1 is 1.38 bits per heavy atom. The number of H-pyrrole nitrogens is 1. The van der Waals surface area contributed by atoms with Gasteiger partial charge in [0.2, 0.25) is 0 Å². The molecule has 0 spiro atoms. The molecule has 0 bridgehead atoms. The number of nitrogens with zero attached hydrogens (tertiary/aromatic N) is 2. The summed E-state index contributed by atoms with van der Waals surface area (Å²) in [7, 11) is 1.71. The van der Waals surface area contributed by atoms with Crippen LogP contribution in [0.15, 0.2) is 6.20 Å². The summed E-state index contributed by atoms with van der Waals surface area (Å²) in [6, 6.07) is 0. The number of nitrogens with one attached hydrogen (secondary N) is 2. The molecule has 1 heterocycles. The average molecular weight is 340 g/mol. The molecule has 0 saturated carbocycles. The van der Waals surface area contributed by atoms with Crippen LogP contribution in [0.4, 0.5) is 4.79 Å². The number of hydrogen-bond donors (Lipinski definition) is 2. The van der Waals surface area contributed by atoms with Crippen molar-refractivity contribution < 1.29 is 19.1 Å². The lowest BCUT2D eigenvalue weighted by Crippen LogP contribution is -2.35. The van der Waals surface area contributed by atoms with Crippen molar-refractivity contribution in [1.82, 2.24) is 20.4 Å². The van der Waals surface area contributed by atoms with Crippen molar-refractivity contribution in [2.75, 3.05) is 26.7 Å². The molecule has 0 atom stereocenters. The first kappa shape index (κ1) is 20.0. The maximum absolute atomic E-state index is 11.8. The number of aromatic amines is 1. The van der Waals surface area contributed by atoms with E-state index in [0.29, 0.717) is 31.9 Å². The van der Waals surface area contributed by atoms with E-state index in [1.54, 1.807) is 25.1 Å². The van der Waals surface area contributed by atoms with Crippen molar-refractivity contribution in [3.05, 3.63) is 17.5 Å². The third-order valence-electron chi connectivity index (χ3n) is 3.07. The second-order valence-electron chi connectivity index (χ2n) is 6.42. The average Bonchev–Trinajstić information content (AvgIpc) is 2.93. The molecular weight excluding hydrogens is 312 g/mol. The van der Waals surface area contributed by atoms with Crippen LogP contribution in [-0.2, 0) is 16.0 Å². The summed E-state index contributed by atoms with van der Waals surface area (Å²) in [5.74, 6) is -0.406. The van der Waals surface area contributed by atoms with Gasteiger partial charge in [-0.25, -0.2) is 9.59 Å². The maximum atomic E-state index is 11.8. The second kappa shape index (κ2) is 9.27. The van der Waals surface area contributed by atoms with Gasteiger partial charge in [0.1, 0.15) is 11.3 Å². The van der Waals surface area contributed by atoms with E-state index in [1.807, 2.05) is 20.8 Å². The molecule has 0 aliphatic carbocycles. The summed E-state index contributed by atoms with van der Waals surface area (Å²) in [6.45, 7) is 9.37. The van der Waals surface area contributed by atoms with E-state index < -0.39 is 11.6 Å². The van der Waals surface area contributed by atoms with E-state index in [4.69, 9.17) is 9.47 Å². The first-order valence-corrected chi connectivity index (χ1v) is 8.08. The number of carbonyl (C=O) groups is 2. The molecule has 1 amide bonds. The summed E-state index contributed by atoms with van der Waals surface area (Å²) in [5, 5.41) is 9.75. The largest absolute Gasteiger partial charge is 0.461 e. The predicted molar refractivity (Wildman–Crippen MR) is 89.7 cm³/mol. The van der Waals surface area contributed by atoms with E-state index in [2.05, 4.69) is 15.5 Å². The van der Waals surface area contributed by atoms with E-state index >= 15 is 0 Å². The fourth-order valence-electron chi connectivity index (χ4n) is 1.92. The summed E-state index contributed by atoms with van der Waals surface area (Å²) in [5.41, 5.74) is 0.637. The van der Waals surface area contributed by atoms with Crippen LogP contribution in [0.3, 0.4) is 0 Å². The predicted octanol–water partition coefficient (Wildman–Crippen LogP) is 1.93. The van der Waals surface area contributed by atoms with Gasteiger partial charge in [0.15, 0.2) is 0 Å². The molecule has 0 saturated heterocycles. The highest BCUT2D eigenvalue weighted by atomic mass is 16.6. The van der Waals surface area contributed by atoms with Crippen LogP contribution in [0.25, 0.3) is 0 Å². The Labute approximate surface area is 142 Å². The lowest BCUT2D eigenvalue weighted by Gasteiger charge is -2.24. The van der Waals surface area contributed by atoms with Crippen LogP contribution in [0.5, 0.6) is 0 Å². The Balaban J connectivity index is 2.29. The summed E-state index contributed by atoms with van der Waals surface area (Å²) < 4.78 is 10.2. The minimum absolute atomic E-state index is 0.321. The highest BCUT2D eigenvalue weighted by Gasteiger charge is 2.19. The lowest BCUT2D eigenvalue weighted by atomic mass is 10.2. The van der Waals surface area contributed by atoms with Gasteiger partial charge in [0.25, 0.3) is 0 Å². The molecule has 1 aromatic heterocycles. The molecule has 2 N–H and O–H groups in total. The summed E-state index contributed by atoms with van der Waals surface area (Å²) >= 11 is 0.